The molecule has 2 nitrogen and oxygen atoms in total. The molecule has 0 aliphatic heterocycles. The van der Waals surface area contributed by atoms with Crippen molar-refractivity contribution in [3.63, 3.8) is 0 Å². The van der Waals surface area contributed by atoms with E-state index in [4.69, 9.17) is 0 Å². The highest BCUT2D eigenvalue weighted by Crippen LogP contribution is 2.33. The molecular weight excluding hydrogens is 236 g/mol. The summed E-state index contributed by atoms with van der Waals surface area (Å²) >= 11 is 0. The van der Waals surface area contributed by atoms with Crippen LogP contribution in [0.1, 0.15) is 69.1 Å². The molecular formula is C17H24O2. The van der Waals surface area contributed by atoms with Crippen LogP contribution in [0.15, 0.2) is 24.3 Å². The molecule has 1 aromatic rings. The molecule has 1 aromatic carbocycles. The van der Waals surface area contributed by atoms with E-state index in [9.17, 15) is 9.90 Å². The van der Waals surface area contributed by atoms with Gasteiger partial charge in [0.1, 0.15) is 6.10 Å². The first-order valence-electron chi connectivity index (χ1n) is 7.41. The molecule has 1 atom stereocenters. The Morgan fingerprint density at radius 1 is 1.11 bits per heavy atom. The number of rotatable bonds is 4. The molecule has 1 saturated carbocycles. The molecule has 19 heavy (non-hydrogen) atoms. The van der Waals surface area contributed by atoms with E-state index >= 15 is 0 Å². The fraction of sp³-hybridized carbons (Fsp3) is 0.588. The van der Waals surface area contributed by atoms with Crippen LogP contribution >= 0.6 is 0 Å². The van der Waals surface area contributed by atoms with Gasteiger partial charge in [0.2, 0.25) is 0 Å². The third-order valence-electron chi connectivity index (χ3n) is 4.17. The lowest BCUT2D eigenvalue weighted by atomic mass is 9.83. The Hall–Kier alpha value is -1.15. The second-order valence-corrected chi connectivity index (χ2v) is 5.96. The van der Waals surface area contributed by atoms with E-state index in [1.165, 1.54) is 37.7 Å². The highest BCUT2D eigenvalue weighted by molar-refractivity contribution is 5.85. The summed E-state index contributed by atoms with van der Waals surface area (Å²) in [6, 6.07) is 7.99. The summed E-state index contributed by atoms with van der Waals surface area (Å²) in [7, 11) is 0. The quantitative estimate of drug-likeness (QED) is 0.888. The van der Waals surface area contributed by atoms with Gasteiger partial charge in [-0.15, -0.1) is 0 Å². The number of hydrogen-bond acceptors (Lipinski definition) is 2. The summed E-state index contributed by atoms with van der Waals surface area (Å²) in [4.78, 5) is 11.8. The van der Waals surface area contributed by atoms with Crippen LogP contribution in [0, 0.1) is 5.92 Å². The molecule has 1 N–H and O–H groups in total. The van der Waals surface area contributed by atoms with Gasteiger partial charge in [0.15, 0.2) is 5.78 Å². The summed E-state index contributed by atoms with van der Waals surface area (Å²) in [6.45, 7) is 3.64. The summed E-state index contributed by atoms with van der Waals surface area (Å²) in [5.41, 5.74) is 2.07. The number of hydrogen-bond donors (Lipinski definition) is 1. The zero-order valence-electron chi connectivity index (χ0n) is 11.9. The van der Waals surface area contributed by atoms with Crippen LogP contribution in [0.3, 0.4) is 0 Å². The maximum Gasteiger partial charge on any atom is 0.168 e. The maximum atomic E-state index is 11.8. The van der Waals surface area contributed by atoms with Gasteiger partial charge in [-0.3, -0.25) is 4.79 Å². The SMILES string of the molecule is CC(C)C(=O)C(O)c1ccc(C2CCCCC2)cc1. The van der Waals surface area contributed by atoms with Gasteiger partial charge < -0.3 is 5.11 Å². The van der Waals surface area contributed by atoms with Gasteiger partial charge in [-0.25, -0.2) is 0 Å². The van der Waals surface area contributed by atoms with E-state index in [1.807, 2.05) is 26.0 Å². The topological polar surface area (TPSA) is 37.3 Å². The largest absolute Gasteiger partial charge is 0.381 e. The van der Waals surface area contributed by atoms with Crippen molar-refractivity contribution >= 4 is 5.78 Å². The summed E-state index contributed by atoms with van der Waals surface area (Å²) in [6.07, 6.45) is 5.57. The molecule has 0 spiro atoms. The van der Waals surface area contributed by atoms with Gasteiger partial charge in [-0.05, 0) is 29.9 Å². The molecule has 0 aromatic heterocycles. The zero-order valence-corrected chi connectivity index (χ0v) is 11.9. The lowest BCUT2D eigenvalue weighted by molar-refractivity contribution is -0.130. The molecule has 104 valence electrons. The third kappa shape index (κ3) is 3.44. The fourth-order valence-corrected chi connectivity index (χ4v) is 2.87. The Morgan fingerprint density at radius 3 is 2.21 bits per heavy atom. The van der Waals surface area contributed by atoms with Crippen molar-refractivity contribution in [2.24, 2.45) is 5.92 Å². The lowest BCUT2D eigenvalue weighted by Gasteiger charge is -2.22. The van der Waals surface area contributed by atoms with E-state index in [-0.39, 0.29) is 11.7 Å². The van der Waals surface area contributed by atoms with Gasteiger partial charge in [-0.1, -0.05) is 57.4 Å². The van der Waals surface area contributed by atoms with Gasteiger partial charge in [0.25, 0.3) is 0 Å². The van der Waals surface area contributed by atoms with Crippen LogP contribution in [0.25, 0.3) is 0 Å². The monoisotopic (exact) mass is 260 g/mol. The van der Waals surface area contributed by atoms with Crippen LogP contribution in [-0.4, -0.2) is 10.9 Å². The zero-order chi connectivity index (χ0) is 13.8. The summed E-state index contributed by atoms with van der Waals surface area (Å²) < 4.78 is 0. The number of benzene rings is 1. The second kappa shape index (κ2) is 6.33. The molecule has 1 aliphatic rings. The van der Waals surface area contributed by atoms with Crippen molar-refractivity contribution in [1.29, 1.82) is 0 Å². The Kier molecular flexibility index (Phi) is 4.76. The molecule has 0 saturated heterocycles. The Morgan fingerprint density at radius 2 is 1.68 bits per heavy atom. The van der Waals surface area contributed by atoms with Crippen molar-refractivity contribution < 1.29 is 9.90 Å². The van der Waals surface area contributed by atoms with Crippen LogP contribution in [0.5, 0.6) is 0 Å². The summed E-state index contributed by atoms with van der Waals surface area (Å²) in [5, 5.41) is 10.0. The number of aliphatic hydroxyl groups is 1. The minimum Gasteiger partial charge on any atom is -0.381 e. The highest BCUT2D eigenvalue weighted by Gasteiger charge is 2.21. The van der Waals surface area contributed by atoms with Crippen LogP contribution in [0.2, 0.25) is 0 Å². The van der Waals surface area contributed by atoms with E-state index in [1.54, 1.807) is 0 Å². The van der Waals surface area contributed by atoms with Crippen molar-refractivity contribution in [2.45, 2.75) is 58.0 Å². The van der Waals surface area contributed by atoms with E-state index in [0.29, 0.717) is 5.92 Å². The smallest absolute Gasteiger partial charge is 0.168 e. The Bertz CT molecular complexity index is 413. The van der Waals surface area contributed by atoms with E-state index in [2.05, 4.69) is 12.1 Å². The first-order valence-corrected chi connectivity index (χ1v) is 7.41. The third-order valence-corrected chi connectivity index (χ3v) is 4.17. The van der Waals surface area contributed by atoms with Crippen molar-refractivity contribution in [3.05, 3.63) is 35.4 Å². The average molecular weight is 260 g/mol. The van der Waals surface area contributed by atoms with Crippen LogP contribution in [0.4, 0.5) is 0 Å². The van der Waals surface area contributed by atoms with Gasteiger partial charge in [0, 0.05) is 5.92 Å². The van der Waals surface area contributed by atoms with E-state index in [0.717, 1.165) is 5.56 Å². The number of aliphatic hydroxyl groups excluding tert-OH is 1. The molecule has 2 heteroatoms. The molecule has 0 amide bonds. The molecule has 2 rings (SSSR count). The van der Waals surface area contributed by atoms with Crippen LogP contribution in [-0.2, 0) is 4.79 Å². The minimum atomic E-state index is -0.972. The lowest BCUT2D eigenvalue weighted by Crippen LogP contribution is -2.17. The average Bonchev–Trinajstić information content (AvgIpc) is 2.46. The highest BCUT2D eigenvalue weighted by atomic mass is 16.3. The van der Waals surface area contributed by atoms with Crippen LogP contribution < -0.4 is 0 Å². The predicted octanol–water partition coefficient (Wildman–Crippen LogP) is 3.99. The first-order chi connectivity index (χ1) is 9.09. The Labute approximate surface area is 115 Å². The second-order valence-electron chi connectivity index (χ2n) is 5.96. The molecule has 0 bridgehead atoms. The normalized spacial score (nSPS) is 18.5. The number of Topliss-reactive ketones (excluding diaryl/α,β-unsaturated/α-hetero) is 1. The molecule has 1 aliphatic carbocycles. The predicted molar refractivity (Wildman–Crippen MR) is 77.1 cm³/mol. The number of ketones is 1. The molecule has 0 heterocycles. The van der Waals surface area contributed by atoms with Crippen molar-refractivity contribution in [1.82, 2.24) is 0 Å². The first kappa shape index (κ1) is 14.3. The van der Waals surface area contributed by atoms with Crippen molar-refractivity contribution in [3.8, 4) is 0 Å². The van der Waals surface area contributed by atoms with E-state index < -0.39 is 6.10 Å². The van der Waals surface area contributed by atoms with Gasteiger partial charge >= 0.3 is 0 Å². The molecule has 0 radical (unpaired) electrons. The van der Waals surface area contributed by atoms with Crippen molar-refractivity contribution in [2.75, 3.05) is 0 Å². The molecule has 1 unspecified atom stereocenters. The number of carbonyl (C=O) groups is 1. The van der Waals surface area contributed by atoms with Gasteiger partial charge in [0.05, 0.1) is 0 Å². The minimum absolute atomic E-state index is 0.106. The van der Waals surface area contributed by atoms with Gasteiger partial charge in [-0.2, -0.15) is 0 Å². The Balaban J connectivity index is 2.07. The number of carbonyl (C=O) groups excluding carboxylic acids is 1. The fourth-order valence-electron chi connectivity index (χ4n) is 2.87. The summed E-state index contributed by atoms with van der Waals surface area (Å²) in [5.74, 6) is 0.430. The standard InChI is InChI=1S/C17H24O2/c1-12(2)16(18)17(19)15-10-8-14(9-11-15)13-6-4-3-5-7-13/h8-13,17,19H,3-7H2,1-2H3. The maximum absolute atomic E-state index is 11.8. The molecule has 1 fully saturated rings.